The highest BCUT2D eigenvalue weighted by Gasteiger charge is 2.52. The minimum atomic E-state index is -0.520. The first-order valence-electron chi connectivity index (χ1n) is 20.1. The molecule has 2 aliphatic rings. The van der Waals surface area contributed by atoms with Crippen LogP contribution >= 0.6 is 0 Å². The lowest BCUT2D eigenvalue weighted by Crippen LogP contribution is -2.42. The van der Waals surface area contributed by atoms with E-state index in [0.29, 0.717) is 0 Å². The summed E-state index contributed by atoms with van der Waals surface area (Å²) in [6.45, 7) is 18.7. The Bertz CT molecular complexity index is 2510. The summed E-state index contributed by atoms with van der Waals surface area (Å²) in [5.41, 5.74) is 21.2. The fourth-order valence-corrected chi connectivity index (χ4v) is 9.93. The van der Waals surface area contributed by atoms with Gasteiger partial charge in [-0.1, -0.05) is 205 Å². The van der Waals surface area contributed by atoms with E-state index in [-0.39, 0.29) is 22.7 Å². The van der Waals surface area contributed by atoms with Crippen molar-refractivity contribution in [3.63, 3.8) is 0 Å². The average Bonchev–Trinajstić information content (AvgIpc) is 3.17. The molecule has 0 N–H and O–H groups in total. The molecule has 1 spiro atoms. The number of benzene rings is 7. The molecule has 0 heterocycles. The van der Waals surface area contributed by atoms with Crippen LogP contribution in [0.5, 0.6) is 0 Å². The first kappa shape index (κ1) is 35.3. The van der Waals surface area contributed by atoms with Gasteiger partial charge in [0.25, 0.3) is 0 Å². The van der Waals surface area contributed by atoms with Crippen LogP contribution in [0.2, 0.25) is 0 Å². The Morgan fingerprint density at radius 3 is 1.53 bits per heavy atom. The molecule has 0 nitrogen and oxygen atoms in total. The van der Waals surface area contributed by atoms with Crippen LogP contribution in [0.25, 0.3) is 11.1 Å². The van der Waals surface area contributed by atoms with E-state index >= 15 is 0 Å². The summed E-state index contributed by atoms with van der Waals surface area (Å²) in [6.07, 6.45) is 0. The van der Waals surface area contributed by atoms with Gasteiger partial charge in [-0.25, -0.2) is 0 Å². The Hall–Kier alpha value is -5.46. The van der Waals surface area contributed by atoms with Crippen LogP contribution in [0.15, 0.2) is 158 Å². The molecule has 1 atom stereocenters. The van der Waals surface area contributed by atoms with Gasteiger partial charge in [0.05, 0.1) is 5.41 Å². The van der Waals surface area contributed by atoms with Crippen LogP contribution in [0.4, 0.5) is 0 Å². The predicted octanol–water partition coefficient (Wildman–Crippen LogP) is 13.9. The number of fused-ring (bicyclic) bond motifs is 8. The molecule has 0 radical (unpaired) electrons. The van der Waals surface area contributed by atoms with Crippen LogP contribution in [-0.4, -0.2) is 0 Å². The zero-order valence-corrected chi connectivity index (χ0v) is 33.7. The van der Waals surface area contributed by atoms with Crippen LogP contribution in [-0.2, 0) is 16.2 Å². The van der Waals surface area contributed by atoms with Crippen molar-refractivity contribution in [2.45, 2.75) is 83.5 Å². The molecule has 0 aromatic heterocycles. The van der Waals surface area contributed by atoms with Crippen molar-refractivity contribution in [2.75, 3.05) is 0 Å². The second-order valence-corrected chi connectivity index (χ2v) is 18.2. The molecule has 1 unspecified atom stereocenters. The van der Waals surface area contributed by atoms with E-state index in [1.54, 1.807) is 0 Å². The molecule has 0 saturated heterocycles. The molecule has 272 valence electrons. The van der Waals surface area contributed by atoms with Gasteiger partial charge >= 0.3 is 0 Å². The predicted molar refractivity (Wildman–Crippen MR) is 232 cm³/mol. The Kier molecular flexibility index (Phi) is 8.21. The lowest BCUT2D eigenvalue weighted by atomic mass is 9.51. The van der Waals surface area contributed by atoms with Crippen LogP contribution in [0.1, 0.15) is 131 Å². The third-order valence-corrected chi connectivity index (χ3v) is 12.7. The van der Waals surface area contributed by atoms with E-state index in [4.69, 9.17) is 0 Å². The molecule has 9 rings (SSSR count). The standard InChI is InChI=1S/C55H52/c1-35-23-30-48-46(31-35)52(39-24-27-42(36(2)32-39)37-17-11-9-12-18-37)43-21-15-16-22-47(43)55(48)49-33-40(53(3,4)5)25-28-44(49)51(38-19-13-10-14-20-38)45-29-26-41(34-50(45)55)54(6,7)8/h9-34,51-52H,1-8H3. The minimum absolute atomic E-state index is 0.0170. The molecule has 55 heavy (non-hydrogen) atoms. The van der Waals surface area contributed by atoms with Gasteiger partial charge in [-0.05, 0) is 108 Å². The lowest BCUT2D eigenvalue weighted by molar-refractivity contribution is 0.574. The fraction of sp³-hybridized carbons (Fsp3) is 0.236. The summed E-state index contributed by atoms with van der Waals surface area (Å²) >= 11 is 0. The molecule has 0 aliphatic heterocycles. The van der Waals surface area contributed by atoms with Gasteiger partial charge < -0.3 is 0 Å². The van der Waals surface area contributed by atoms with Gasteiger partial charge in [-0.15, -0.1) is 0 Å². The van der Waals surface area contributed by atoms with Gasteiger partial charge in [0.2, 0.25) is 0 Å². The molecular weight excluding hydrogens is 661 g/mol. The summed E-state index contributed by atoms with van der Waals surface area (Å²) in [5, 5.41) is 0. The molecule has 0 saturated carbocycles. The molecule has 7 aromatic rings. The van der Waals surface area contributed by atoms with Crippen LogP contribution in [0.3, 0.4) is 0 Å². The van der Waals surface area contributed by atoms with Crippen LogP contribution < -0.4 is 0 Å². The number of aryl methyl sites for hydroxylation is 2. The minimum Gasteiger partial charge on any atom is -0.0622 e. The summed E-state index contributed by atoms with van der Waals surface area (Å²) in [5.74, 6) is 0.211. The maximum absolute atomic E-state index is 2.59. The van der Waals surface area contributed by atoms with Crippen molar-refractivity contribution >= 4 is 0 Å². The van der Waals surface area contributed by atoms with Crippen molar-refractivity contribution in [3.8, 4) is 11.1 Å². The second-order valence-electron chi connectivity index (χ2n) is 18.2. The van der Waals surface area contributed by atoms with Gasteiger partial charge in [0.1, 0.15) is 0 Å². The van der Waals surface area contributed by atoms with Crippen LogP contribution in [0, 0.1) is 13.8 Å². The quantitative estimate of drug-likeness (QED) is 0.171. The molecular formula is C55H52. The molecule has 0 bridgehead atoms. The first-order valence-corrected chi connectivity index (χ1v) is 20.1. The molecule has 0 fully saturated rings. The van der Waals surface area contributed by atoms with Crippen molar-refractivity contribution in [1.29, 1.82) is 0 Å². The normalized spacial score (nSPS) is 18.6. The van der Waals surface area contributed by atoms with Gasteiger partial charge in [-0.3, -0.25) is 0 Å². The zero-order chi connectivity index (χ0) is 38.3. The summed E-state index contributed by atoms with van der Waals surface area (Å²) < 4.78 is 0. The molecule has 7 aromatic carbocycles. The summed E-state index contributed by atoms with van der Waals surface area (Å²) in [4.78, 5) is 0. The Morgan fingerprint density at radius 1 is 0.400 bits per heavy atom. The highest BCUT2D eigenvalue weighted by molar-refractivity contribution is 5.77. The van der Waals surface area contributed by atoms with E-state index in [0.717, 1.165) is 0 Å². The maximum Gasteiger partial charge on any atom is 0.0713 e. The summed E-state index contributed by atoms with van der Waals surface area (Å²) in [6, 6.07) is 61.0. The lowest BCUT2D eigenvalue weighted by Gasteiger charge is -2.51. The summed E-state index contributed by atoms with van der Waals surface area (Å²) in [7, 11) is 0. The number of rotatable bonds is 3. The van der Waals surface area contributed by atoms with Crippen molar-refractivity contribution in [2.24, 2.45) is 0 Å². The Balaban J connectivity index is 1.41. The fourth-order valence-electron chi connectivity index (χ4n) is 9.93. The zero-order valence-electron chi connectivity index (χ0n) is 33.7. The van der Waals surface area contributed by atoms with Gasteiger partial charge in [-0.2, -0.15) is 0 Å². The van der Waals surface area contributed by atoms with E-state index in [2.05, 4.69) is 213 Å². The molecule has 0 heteroatoms. The van der Waals surface area contributed by atoms with E-state index in [1.807, 2.05) is 0 Å². The Morgan fingerprint density at radius 2 is 0.927 bits per heavy atom. The second kappa shape index (κ2) is 12.8. The largest absolute Gasteiger partial charge is 0.0713 e. The Labute approximate surface area is 329 Å². The SMILES string of the molecule is Cc1ccc2c(c1)C(c1ccc(-c3ccccc3)c(C)c1)c1ccccc1C21c2cc(C(C)(C)C)ccc2C(c2ccccc2)c2ccc(C(C)(C)C)cc21. The van der Waals surface area contributed by atoms with E-state index < -0.39 is 5.41 Å². The highest BCUT2D eigenvalue weighted by Crippen LogP contribution is 2.62. The van der Waals surface area contributed by atoms with Gasteiger partial charge in [0.15, 0.2) is 0 Å². The molecule has 2 aliphatic carbocycles. The third kappa shape index (κ3) is 5.56. The topological polar surface area (TPSA) is 0 Å². The van der Waals surface area contributed by atoms with Crippen molar-refractivity contribution in [1.82, 2.24) is 0 Å². The average molecular weight is 713 g/mol. The number of hydrogen-bond donors (Lipinski definition) is 0. The third-order valence-electron chi connectivity index (χ3n) is 12.7. The molecule has 0 amide bonds. The van der Waals surface area contributed by atoms with E-state index in [9.17, 15) is 0 Å². The first-order chi connectivity index (χ1) is 26.4. The van der Waals surface area contributed by atoms with Crippen molar-refractivity contribution < 1.29 is 0 Å². The monoisotopic (exact) mass is 712 g/mol. The number of hydrogen-bond acceptors (Lipinski definition) is 0. The maximum atomic E-state index is 2.59. The smallest absolute Gasteiger partial charge is 0.0622 e. The van der Waals surface area contributed by atoms with Crippen molar-refractivity contribution in [3.05, 3.63) is 236 Å². The van der Waals surface area contributed by atoms with E-state index in [1.165, 1.54) is 89.0 Å². The highest BCUT2D eigenvalue weighted by atomic mass is 14.5. The van der Waals surface area contributed by atoms with Gasteiger partial charge in [0, 0.05) is 11.8 Å².